The molecule has 0 bridgehead atoms. The number of rotatable bonds is 2. The van der Waals surface area contributed by atoms with Gasteiger partial charge in [-0.25, -0.2) is 4.79 Å². The van der Waals surface area contributed by atoms with Crippen molar-refractivity contribution < 1.29 is 14.3 Å². The molecule has 1 aliphatic rings. The van der Waals surface area contributed by atoms with Gasteiger partial charge in [-0.3, -0.25) is 0 Å². The van der Waals surface area contributed by atoms with E-state index in [4.69, 9.17) is 10.00 Å². The van der Waals surface area contributed by atoms with Crippen LogP contribution in [0.2, 0.25) is 0 Å². The van der Waals surface area contributed by atoms with Crippen molar-refractivity contribution in [3.8, 4) is 6.07 Å². The number of piperidine rings is 1. The molecule has 1 fully saturated rings. The molecule has 5 nitrogen and oxygen atoms in total. The zero-order valence-corrected chi connectivity index (χ0v) is 11.2. The molecule has 0 atom stereocenters. The lowest BCUT2D eigenvalue weighted by molar-refractivity contribution is -0.109. The summed E-state index contributed by atoms with van der Waals surface area (Å²) in [6.07, 6.45) is 1.74. The molecule has 0 saturated carbocycles. The maximum absolute atomic E-state index is 11.8. The van der Waals surface area contributed by atoms with Gasteiger partial charge in [-0.05, 0) is 33.6 Å². The zero-order chi connectivity index (χ0) is 13.8. The maximum atomic E-state index is 11.8. The highest BCUT2D eigenvalue weighted by atomic mass is 16.6. The Morgan fingerprint density at radius 1 is 1.44 bits per heavy atom. The first-order valence-electron chi connectivity index (χ1n) is 6.15. The Morgan fingerprint density at radius 2 is 2.00 bits per heavy atom. The number of nitrogens with zero attached hydrogens (tertiary/aromatic N) is 2. The van der Waals surface area contributed by atoms with Crippen molar-refractivity contribution in [2.45, 2.75) is 45.6 Å². The van der Waals surface area contributed by atoms with Gasteiger partial charge in [0.2, 0.25) is 0 Å². The molecule has 18 heavy (non-hydrogen) atoms. The van der Waals surface area contributed by atoms with E-state index in [0.717, 1.165) is 6.29 Å². The summed E-state index contributed by atoms with van der Waals surface area (Å²) in [5, 5.41) is 9.14. The van der Waals surface area contributed by atoms with Crippen molar-refractivity contribution in [1.29, 1.82) is 5.26 Å². The molecule has 100 valence electrons. The van der Waals surface area contributed by atoms with Crippen LogP contribution in [0.15, 0.2) is 0 Å². The van der Waals surface area contributed by atoms with Crippen LogP contribution >= 0.6 is 0 Å². The van der Waals surface area contributed by atoms with Crippen molar-refractivity contribution in [3.63, 3.8) is 0 Å². The minimum Gasteiger partial charge on any atom is -0.444 e. The summed E-state index contributed by atoms with van der Waals surface area (Å²) in [4.78, 5) is 24.0. The molecule has 5 heteroatoms. The molecule has 0 unspecified atom stereocenters. The third-order valence-electron chi connectivity index (χ3n) is 3.08. The van der Waals surface area contributed by atoms with Gasteiger partial charge in [0.25, 0.3) is 0 Å². The number of amides is 1. The van der Waals surface area contributed by atoms with Crippen LogP contribution in [-0.4, -0.2) is 36.0 Å². The minimum absolute atomic E-state index is 0.242. The Balaban J connectivity index is 2.56. The van der Waals surface area contributed by atoms with Crippen LogP contribution in [0, 0.1) is 16.7 Å². The number of aldehydes is 1. The van der Waals surface area contributed by atoms with E-state index in [1.54, 1.807) is 4.90 Å². The lowest BCUT2D eigenvalue weighted by Gasteiger charge is -2.36. The first kappa shape index (κ1) is 14.5. The average Bonchev–Trinajstić information content (AvgIpc) is 2.28. The molecule has 0 aromatic rings. The van der Waals surface area contributed by atoms with Gasteiger partial charge in [0, 0.05) is 19.5 Å². The van der Waals surface area contributed by atoms with Crippen LogP contribution in [0.3, 0.4) is 0 Å². The Kier molecular flexibility index (Phi) is 4.33. The minimum atomic E-state index is -0.597. The fourth-order valence-corrected chi connectivity index (χ4v) is 1.96. The van der Waals surface area contributed by atoms with Crippen LogP contribution in [0.5, 0.6) is 0 Å². The zero-order valence-electron chi connectivity index (χ0n) is 11.2. The van der Waals surface area contributed by atoms with Gasteiger partial charge >= 0.3 is 6.09 Å². The van der Waals surface area contributed by atoms with E-state index in [-0.39, 0.29) is 12.5 Å². The van der Waals surface area contributed by atoms with Crippen molar-refractivity contribution in [3.05, 3.63) is 0 Å². The highest BCUT2D eigenvalue weighted by Crippen LogP contribution is 2.33. The molecule has 0 aliphatic carbocycles. The molecule has 0 aromatic carbocycles. The van der Waals surface area contributed by atoms with Gasteiger partial charge in [0.05, 0.1) is 11.5 Å². The molecule has 1 rings (SSSR count). The van der Waals surface area contributed by atoms with E-state index < -0.39 is 11.0 Å². The first-order valence-corrected chi connectivity index (χ1v) is 6.15. The van der Waals surface area contributed by atoms with E-state index in [1.165, 1.54) is 0 Å². The van der Waals surface area contributed by atoms with Crippen molar-refractivity contribution >= 4 is 12.4 Å². The Hall–Kier alpha value is -1.57. The number of carbonyl (C=O) groups is 2. The van der Waals surface area contributed by atoms with Crippen LogP contribution in [-0.2, 0) is 9.53 Å². The molecule has 1 amide bonds. The van der Waals surface area contributed by atoms with Crippen molar-refractivity contribution in [2.75, 3.05) is 13.1 Å². The topological polar surface area (TPSA) is 70.4 Å². The predicted molar refractivity (Wildman–Crippen MR) is 65.8 cm³/mol. The van der Waals surface area contributed by atoms with E-state index in [9.17, 15) is 9.59 Å². The van der Waals surface area contributed by atoms with Gasteiger partial charge in [0.1, 0.15) is 11.9 Å². The smallest absolute Gasteiger partial charge is 0.410 e. The molecule has 0 aromatic heterocycles. The highest BCUT2D eigenvalue weighted by Gasteiger charge is 2.36. The number of hydrogen-bond acceptors (Lipinski definition) is 4. The second-order valence-corrected chi connectivity index (χ2v) is 5.73. The SMILES string of the molecule is CC(C)(C)OC(=O)N1CCC(C#N)(CC=O)CC1. The molecule has 0 radical (unpaired) electrons. The van der Waals surface area contributed by atoms with Gasteiger partial charge in [-0.15, -0.1) is 0 Å². The second-order valence-electron chi connectivity index (χ2n) is 5.73. The first-order chi connectivity index (χ1) is 8.32. The fraction of sp³-hybridized carbons (Fsp3) is 0.769. The normalized spacial score (nSPS) is 18.9. The van der Waals surface area contributed by atoms with Crippen LogP contribution in [0.4, 0.5) is 4.79 Å². The number of hydrogen-bond donors (Lipinski definition) is 0. The number of likely N-dealkylation sites (tertiary alicyclic amines) is 1. The molecule has 1 heterocycles. The van der Waals surface area contributed by atoms with Crippen LogP contribution < -0.4 is 0 Å². The van der Waals surface area contributed by atoms with Gasteiger partial charge < -0.3 is 14.4 Å². The third kappa shape index (κ3) is 3.73. The Morgan fingerprint density at radius 3 is 2.39 bits per heavy atom. The Labute approximate surface area is 108 Å². The summed E-state index contributed by atoms with van der Waals surface area (Å²) in [5.74, 6) is 0. The summed E-state index contributed by atoms with van der Waals surface area (Å²) in [5.41, 5.74) is -1.11. The number of carbonyl (C=O) groups excluding carboxylic acids is 2. The fourth-order valence-electron chi connectivity index (χ4n) is 1.96. The predicted octanol–water partition coefficient (Wildman–Crippen LogP) is 2.12. The standard InChI is InChI=1S/C13H20N2O3/c1-12(2,3)18-11(17)15-7-4-13(10-14,5-8-15)6-9-16/h9H,4-8H2,1-3H3. The third-order valence-corrected chi connectivity index (χ3v) is 3.08. The summed E-state index contributed by atoms with van der Waals surface area (Å²) in [6.45, 7) is 6.40. The van der Waals surface area contributed by atoms with E-state index in [1.807, 2.05) is 20.8 Å². The summed E-state index contributed by atoms with van der Waals surface area (Å²) in [7, 11) is 0. The second kappa shape index (κ2) is 5.38. The van der Waals surface area contributed by atoms with Crippen molar-refractivity contribution in [2.24, 2.45) is 5.41 Å². The van der Waals surface area contributed by atoms with E-state index in [0.29, 0.717) is 25.9 Å². The van der Waals surface area contributed by atoms with Crippen LogP contribution in [0.1, 0.15) is 40.0 Å². The molecule has 0 N–H and O–H groups in total. The largest absolute Gasteiger partial charge is 0.444 e. The summed E-state index contributed by atoms with van der Waals surface area (Å²) >= 11 is 0. The lowest BCUT2D eigenvalue weighted by Crippen LogP contribution is -2.45. The van der Waals surface area contributed by atoms with Crippen LogP contribution in [0.25, 0.3) is 0 Å². The van der Waals surface area contributed by atoms with Gasteiger partial charge in [-0.1, -0.05) is 0 Å². The maximum Gasteiger partial charge on any atom is 0.410 e. The van der Waals surface area contributed by atoms with E-state index >= 15 is 0 Å². The van der Waals surface area contributed by atoms with Crippen molar-refractivity contribution in [1.82, 2.24) is 4.90 Å². The van der Waals surface area contributed by atoms with Gasteiger partial charge in [-0.2, -0.15) is 5.26 Å². The quantitative estimate of drug-likeness (QED) is 0.706. The number of ether oxygens (including phenoxy) is 1. The molecular formula is C13H20N2O3. The van der Waals surface area contributed by atoms with E-state index in [2.05, 4.69) is 6.07 Å². The summed E-state index contributed by atoms with van der Waals surface area (Å²) in [6, 6.07) is 2.22. The average molecular weight is 252 g/mol. The summed E-state index contributed by atoms with van der Waals surface area (Å²) < 4.78 is 5.27. The Bertz CT molecular complexity index is 357. The highest BCUT2D eigenvalue weighted by molar-refractivity contribution is 5.68. The monoisotopic (exact) mass is 252 g/mol. The number of nitriles is 1. The molecule has 1 saturated heterocycles. The molecule has 0 spiro atoms. The lowest BCUT2D eigenvalue weighted by atomic mass is 9.77. The molecule has 1 aliphatic heterocycles. The molecular weight excluding hydrogens is 232 g/mol. The van der Waals surface area contributed by atoms with Gasteiger partial charge in [0.15, 0.2) is 0 Å².